The zero-order valence-electron chi connectivity index (χ0n) is 14.3. The summed E-state index contributed by atoms with van der Waals surface area (Å²) in [5.41, 5.74) is 2.19. The van der Waals surface area contributed by atoms with Crippen molar-refractivity contribution in [2.45, 2.75) is 51.4 Å². The van der Waals surface area contributed by atoms with Gasteiger partial charge in [-0.3, -0.25) is 4.79 Å². The number of aryl methyl sites for hydroxylation is 2. The number of nitrogens with one attached hydrogen (secondary N) is 1. The number of thiophene rings is 1. The topological polar surface area (TPSA) is 58.6 Å². The van der Waals surface area contributed by atoms with Gasteiger partial charge in [0.15, 0.2) is 5.16 Å². The van der Waals surface area contributed by atoms with Crippen LogP contribution < -0.4 is 5.56 Å². The first kappa shape index (κ1) is 17.6. The highest BCUT2D eigenvalue weighted by Crippen LogP contribution is 2.31. The van der Waals surface area contributed by atoms with Crippen molar-refractivity contribution in [3.63, 3.8) is 0 Å². The van der Waals surface area contributed by atoms with Crippen LogP contribution >= 0.6 is 34.4 Å². The summed E-state index contributed by atoms with van der Waals surface area (Å²) in [6, 6.07) is 0. The monoisotopic (exact) mass is 379 g/mol. The van der Waals surface area contributed by atoms with E-state index in [1.165, 1.54) is 22.2 Å². The van der Waals surface area contributed by atoms with Crippen molar-refractivity contribution in [1.29, 1.82) is 0 Å². The van der Waals surface area contributed by atoms with Gasteiger partial charge in [-0.1, -0.05) is 32.0 Å². The van der Waals surface area contributed by atoms with Gasteiger partial charge in [0.25, 0.3) is 5.56 Å². The molecule has 0 saturated carbocycles. The first-order chi connectivity index (χ1) is 11.5. The molecule has 7 heteroatoms. The van der Waals surface area contributed by atoms with Crippen LogP contribution in [0.15, 0.2) is 15.3 Å². The van der Waals surface area contributed by atoms with Crippen molar-refractivity contribution in [3.8, 4) is 0 Å². The summed E-state index contributed by atoms with van der Waals surface area (Å²) in [6.07, 6.45) is 2.06. The molecule has 0 radical (unpaired) electrons. The maximum Gasteiger partial charge on any atom is 0.260 e. The van der Waals surface area contributed by atoms with Gasteiger partial charge in [-0.05, 0) is 31.7 Å². The molecule has 3 aromatic heterocycles. The molecule has 0 aliphatic heterocycles. The Morgan fingerprint density at radius 1 is 1.33 bits per heavy atom. The molecule has 3 rings (SSSR count). The van der Waals surface area contributed by atoms with Gasteiger partial charge >= 0.3 is 0 Å². The fraction of sp³-hybridized carbons (Fsp3) is 0.471. The molecule has 1 atom stereocenters. The van der Waals surface area contributed by atoms with E-state index in [2.05, 4.69) is 41.1 Å². The van der Waals surface area contributed by atoms with E-state index in [-0.39, 0.29) is 5.56 Å². The molecular formula is C17H21N3OS3. The van der Waals surface area contributed by atoms with E-state index < -0.39 is 0 Å². The number of fused-ring (bicyclic) bond motifs is 1. The van der Waals surface area contributed by atoms with E-state index in [0.29, 0.717) is 11.1 Å². The average molecular weight is 380 g/mol. The summed E-state index contributed by atoms with van der Waals surface area (Å²) in [6.45, 7) is 8.50. The lowest BCUT2D eigenvalue weighted by molar-refractivity contribution is 0.561. The minimum atomic E-state index is -0.0142. The third-order valence-corrected chi connectivity index (χ3v) is 6.88. The molecule has 3 aromatic rings. The number of hydrogen-bond donors (Lipinski definition) is 1. The average Bonchev–Trinajstić information content (AvgIpc) is 3.09. The summed E-state index contributed by atoms with van der Waals surface area (Å²) >= 11 is 4.80. The Labute approximate surface area is 153 Å². The van der Waals surface area contributed by atoms with E-state index in [0.717, 1.165) is 39.5 Å². The number of aromatic amines is 1. The van der Waals surface area contributed by atoms with Crippen LogP contribution in [-0.4, -0.2) is 15.0 Å². The summed E-state index contributed by atoms with van der Waals surface area (Å²) in [5.74, 6) is 1.30. The van der Waals surface area contributed by atoms with Gasteiger partial charge in [-0.2, -0.15) is 0 Å². The molecule has 4 nitrogen and oxygen atoms in total. The molecule has 24 heavy (non-hydrogen) atoms. The standard InChI is InChI=1S/C17H21N3OS3/c1-5-9(2)6-13-10(3)24-16-14(13)15(21)19-17(20-16)23-8-12-7-22-11(4)18-12/h7,9H,5-6,8H2,1-4H3,(H,19,20,21)/t9-/m0/s1. The number of aromatic nitrogens is 3. The largest absolute Gasteiger partial charge is 0.301 e. The molecule has 0 aliphatic rings. The summed E-state index contributed by atoms with van der Waals surface area (Å²) in [7, 11) is 0. The molecule has 0 saturated heterocycles. The van der Waals surface area contributed by atoms with Gasteiger partial charge in [0.05, 0.1) is 16.1 Å². The van der Waals surface area contributed by atoms with E-state index in [1.807, 2.05) is 6.92 Å². The Morgan fingerprint density at radius 3 is 2.79 bits per heavy atom. The van der Waals surface area contributed by atoms with E-state index in [9.17, 15) is 4.79 Å². The van der Waals surface area contributed by atoms with Crippen LogP contribution in [0.5, 0.6) is 0 Å². The van der Waals surface area contributed by atoms with Crippen molar-refractivity contribution in [2.24, 2.45) is 5.92 Å². The number of hydrogen-bond acceptors (Lipinski definition) is 6. The number of rotatable bonds is 6. The summed E-state index contributed by atoms with van der Waals surface area (Å²) in [4.78, 5) is 26.7. The Bertz CT molecular complexity index is 910. The molecule has 128 valence electrons. The maximum atomic E-state index is 12.6. The second-order valence-electron chi connectivity index (χ2n) is 6.05. The second-order valence-corrected chi connectivity index (χ2v) is 9.28. The highest BCUT2D eigenvalue weighted by Gasteiger charge is 2.17. The van der Waals surface area contributed by atoms with Gasteiger partial charge in [-0.15, -0.1) is 22.7 Å². The third kappa shape index (κ3) is 3.73. The minimum absolute atomic E-state index is 0.0142. The number of nitrogens with zero attached hydrogens (tertiary/aromatic N) is 2. The van der Waals surface area contributed by atoms with E-state index in [1.54, 1.807) is 22.7 Å². The van der Waals surface area contributed by atoms with Gasteiger partial charge in [0.1, 0.15) is 4.83 Å². The molecule has 0 aromatic carbocycles. The smallest absolute Gasteiger partial charge is 0.260 e. The Morgan fingerprint density at radius 2 is 2.12 bits per heavy atom. The van der Waals surface area contributed by atoms with Crippen molar-refractivity contribution >= 4 is 44.7 Å². The predicted octanol–water partition coefficient (Wildman–Crippen LogP) is 4.94. The van der Waals surface area contributed by atoms with Gasteiger partial charge in [0.2, 0.25) is 0 Å². The molecule has 0 unspecified atom stereocenters. The highest BCUT2D eigenvalue weighted by atomic mass is 32.2. The van der Waals surface area contributed by atoms with Crippen molar-refractivity contribution in [1.82, 2.24) is 15.0 Å². The van der Waals surface area contributed by atoms with Crippen LogP contribution in [0.1, 0.15) is 41.4 Å². The highest BCUT2D eigenvalue weighted by molar-refractivity contribution is 7.98. The molecule has 0 fully saturated rings. The molecule has 0 amide bonds. The lowest BCUT2D eigenvalue weighted by Crippen LogP contribution is -2.11. The zero-order valence-corrected chi connectivity index (χ0v) is 16.8. The second kappa shape index (κ2) is 7.37. The van der Waals surface area contributed by atoms with Crippen LogP contribution in [0.25, 0.3) is 10.2 Å². The van der Waals surface area contributed by atoms with Crippen LogP contribution in [0.4, 0.5) is 0 Å². The lowest BCUT2D eigenvalue weighted by Gasteiger charge is -2.08. The summed E-state index contributed by atoms with van der Waals surface area (Å²) in [5, 5.41) is 4.57. The minimum Gasteiger partial charge on any atom is -0.301 e. The first-order valence-corrected chi connectivity index (χ1v) is 10.7. The predicted molar refractivity (Wildman–Crippen MR) is 105 cm³/mol. The van der Waals surface area contributed by atoms with E-state index >= 15 is 0 Å². The fourth-order valence-electron chi connectivity index (χ4n) is 2.58. The maximum absolute atomic E-state index is 12.6. The quantitative estimate of drug-likeness (QED) is 0.487. The molecule has 0 spiro atoms. The van der Waals surface area contributed by atoms with Crippen LogP contribution in [-0.2, 0) is 12.2 Å². The van der Waals surface area contributed by atoms with Crippen LogP contribution in [0.2, 0.25) is 0 Å². The Balaban J connectivity index is 1.89. The van der Waals surface area contributed by atoms with Crippen molar-refractivity contribution < 1.29 is 0 Å². The molecule has 0 aliphatic carbocycles. The van der Waals surface area contributed by atoms with Gasteiger partial charge in [0, 0.05) is 16.0 Å². The van der Waals surface area contributed by atoms with E-state index in [4.69, 9.17) is 0 Å². The SMILES string of the molecule is CC[C@H](C)Cc1c(C)sc2nc(SCc3csc(C)n3)[nH]c(=O)c12. The molecular weight excluding hydrogens is 358 g/mol. The molecule has 3 heterocycles. The van der Waals surface area contributed by atoms with Crippen molar-refractivity contribution in [2.75, 3.05) is 0 Å². The zero-order chi connectivity index (χ0) is 17.3. The number of thiazole rings is 1. The summed E-state index contributed by atoms with van der Waals surface area (Å²) < 4.78 is 0. The Hall–Kier alpha value is -1.18. The van der Waals surface area contributed by atoms with Crippen LogP contribution in [0, 0.1) is 19.8 Å². The number of H-pyrrole nitrogens is 1. The molecule has 0 bridgehead atoms. The third-order valence-electron chi connectivity index (χ3n) is 4.11. The van der Waals surface area contributed by atoms with Crippen molar-refractivity contribution in [3.05, 3.63) is 36.9 Å². The van der Waals surface area contributed by atoms with Gasteiger partial charge in [-0.25, -0.2) is 9.97 Å². The lowest BCUT2D eigenvalue weighted by atomic mass is 9.98. The van der Waals surface area contributed by atoms with Gasteiger partial charge < -0.3 is 4.98 Å². The van der Waals surface area contributed by atoms with Crippen LogP contribution in [0.3, 0.4) is 0 Å². The normalized spacial score (nSPS) is 12.8. The molecule has 1 N–H and O–H groups in total. The fourth-order valence-corrected chi connectivity index (χ4v) is 5.16. The number of thioether (sulfide) groups is 1. The Kier molecular flexibility index (Phi) is 5.42. The first-order valence-electron chi connectivity index (χ1n) is 8.04.